The van der Waals surface area contributed by atoms with E-state index in [2.05, 4.69) is 5.32 Å². The molecule has 0 radical (unpaired) electrons. The Bertz CT molecular complexity index is 666. The molecule has 1 aromatic carbocycles. The Morgan fingerprint density at radius 1 is 1.15 bits per heavy atom. The minimum atomic E-state index is -4.39. The molecule has 5 nitrogen and oxygen atoms in total. The fourth-order valence-corrected chi connectivity index (χ4v) is 2.86. The Hall–Kier alpha value is -2.25. The molecule has 0 bridgehead atoms. The van der Waals surface area contributed by atoms with Crippen LogP contribution in [0.5, 0.6) is 0 Å². The molecule has 27 heavy (non-hydrogen) atoms. The van der Waals surface area contributed by atoms with Crippen molar-refractivity contribution in [1.29, 1.82) is 0 Å². The lowest BCUT2D eigenvalue weighted by Crippen LogP contribution is -2.52. The minimum absolute atomic E-state index is 0.0929. The molecule has 2 amide bonds. The number of halogens is 3. The molecule has 0 spiro atoms. The molecule has 8 heteroatoms. The first-order valence-corrected chi connectivity index (χ1v) is 8.91. The van der Waals surface area contributed by atoms with Gasteiger partial charge in [-0.05, 0) is 57.7 Å². The smallest absolute Gasteiger partial charge is 0.416 e. The van der Waals surface area contributed by atoms with Gasteiger partial charge >= 0.3 is 12.3 Å². The van der Waals surface area contributed by atoms with Crippen molar-refractivity contribution < 1.29 is 27.5 Å². The Kier molecular flexibility index (Phi) is 6.38. The molecule has 1 fully saturated rings. The van der Waals surface area contributed by atoms with Crippen molar-refractivity contribution in [3.05, 3.63) is 35.4 Å². The lowest BCUT2D eigenvalue weighted by molar-refractivity contribution is -0.137. The fourth-order valence-electron chi connectivity index (χ4n) is 2.86. The average Bonchev–Trinajstić information content (AvgIpc) is 2.58. The van der Waals surface area contributed by atoms with Gasteiger partial charge < -0.3 is 10.1 Å². The van der Waals surface area contributed by atoms with Crippen molar-refractivity contribution in [2.24, 2.45) is 0 Å². The van der Waals surface area contributed by atoms with Crippen LogP contribution in [0.4, 0.5) is 18.0 Å². The summed E-state index contributed by atoms with van der Waals surface area (Å²) in [4.78, 5) is 26.3. The first-order chi connectivity index (χ1) is 12.5. The van der Waals surface area contributed by atoms with E-state index in [9.17, 15) is 22.8 Å². The van der Waals surface area contributed by atoms with E-state index in [-0.39, 0.29) is 12.5 Å². The van der Waals surface area contributed by atoms with Gasteiger partial charge in [0.25, 0.3) is 0 Å². The molecule has 150 valence electrons. The highest BCUT2D eigenvalue weighted by Crippen LogP contribution is 2.29. The Balaban J connectivity index is 1.97. The van der Waals surface area contributed by atoms with Gasteiger partial charge in [0.2, 0.25) is 5.91 Å². The van der Waals surface area contributed by atoms with E-state index in [1.165, 1.54) is 17.0 Å². The zero-order chi connectivity index (χ0) is 20.2. The summed E-state index contributed by atoms with van der Waals surface area (Å²) in [5.41, 5.74) is -0.840. The number of alkyl halides is 3. The number of piperidine rings is 1. The summed E-state index contributed by atoms with van der Waals surface area (Å²) in [5.74, 6) is -0.333. The number of likely N-dealkylation sites (tertiary alicyclic amines) is 1. The van der Waals surface area contributed by atoms with Crippen LogP contribution >= 0.6 is 0 Å². The Labute approximate surface area is 156 Å². The number of carbonyl (C=O) groups excluding carboxylic acids is 2. The van der Waals surface area contributed by atoms with E-state index < -0.39 is 29.5 Å². The number of hydrogen-bond acceptors (Lipinski definition) is 3. The van der Waals surface area contributed by atoms with Gasteiger partial charge in [-0.2, -0.15) is 13.2 Å². The number of rotatable bonds is 3. The van der Waals surface area contributed by atoms with E-state index in [0.29, 0.717) is 18.5 Å². The van der Waals surface area contributed by atoms with Gasteiger partial charge in [0.15, 0.2) is 0 Å². The zero-order valence-corrected chi connectivity index (χ0v) is 15.7. The number of ether oxygens (including phenoxy) is 1. The number of benzene rings is 1. The second kappa shape index (κ2) is 8.19. The highest BCUT2D eigenvalue weighted by molar-refractivity contribution is 5.85. The molecule has 1 aromatic rings. The number of carbonyl (C=O) groups is 2. The third kappa shape index (κ3) is 6.15. The second-order valence-corrected chi connectivity index (χ2v) is 7.60. The molecule has 0 saturated carbocycles. The fraction of sp³-hybridized carbons (Fsp3) is 0.579. The standard InChI is InChI=1S/C19H25F3N2O3/c1-18(2,3)27-17(26)24-11-5-4-6-15(24)16(25)23-12-13-7-9-14(10-8-13)19(20,21)22/h7-10,15H,4-6,11-12H2,1-3H3,(H,23,25)/t15-/m1/s1. The number of hydrogen-bond donors (Lipinski definition) is 1. The van der Waals surface area contributed by atoms with Crippen molar-refractivity contribution in [1.82, 2.24) is 10.2 Å². The summed E-state index contributed by atoms with van der Waals surface area (Å²) >= 11 is 0. The van der Waals surface area contributed by atoms with E-state index in [4.69, 9.17) is 4.74 Å². The molecule has 1 aliphatic heterocycles. The van der Waals surface area contributed by atoms with Crippen LogP contribution in [0.2, 0.25) is 0 Å². The van der Waals surface area contributed by atoms with Crippen molar-refractivity contribution in [3.63, 3.8) is 0 Å². The van der Waals surface area contributed by atoms with Gasteiger partial charge in [0.05, 0.1) is 5.56 Å². The lowest BCUT2D eigenvalue weighted by atomic mass is 10.0. The summed E-state index contributed by atoms with van der Waals surface area (Å²) in [6.07, 6.45) is -2.79. The first kappa shape index (κ1) is 21.1. The van der Waals surface area contributed by atoms with Crippen LogP contribution in [0.15, 0.2) is 24.3 Å². The molecule has 1 N–H and O–H groups in total. The zero-order valence-electron chi connectivity index (χ0n) is 15.7. The van der Waals surface area contributed by atoms with Gasteiger partial charge in [0, 0.05) is 13.1 Å². The number of amides is 2. The van der Waals surface area contributed by atoms with Crippen molar-refractivity contribution in [3.8, 4) is 0 Å². The first-order valence-electron chi connectivity index (χ1n) is 8.91. The molecular formula is C19H25F3N2O3. The third-order valence-corrected chi connectivity index (χ3v) is 4.18. The van der Waals surface area contributed by atoms with E-state index in [1.54, 1.807) is 20.8 Å². The molecule has 2 rings (SSSR count). The van der Waals surface area contributed by atoms with Crippen LogP contribution in [0.1, 0.15) is 51.2 Å². The highest BCUT2D eigenvalue weighted by Gasteiger charge is 2.34. The Morgan fingerprint density at radius 2 is 1.78 bits per heavy atom. The topological polar surface area (TPSA) is 58.6 Å². The summed E-state index contributed by atoms with van der Waals surface area (Å²) in [7, 11) is 0. The molecule has 1 saturated heterocycles. The van der Waals surface area contributed by atoms with Crippen LogP contribution in [-0.4, -0.2) is 35.1 Å². The molecule has 0 unspecified atom stereocenters. The lowest BCUT2D eigenvalue weighted by Gasteiger charge is -2.35. The quantitative estimate of drug-likeness (QED) is 0.851. The second-order valence-electron chi connectivity index (χ2n) is 7.60. The van der Waals surface area contributed by atoms with Crippen LogP contribution in [0.3, 0.4) is 0 Å². The molecule has 0 aliphatic carbocycles. The maximum absolute atomic E-state index is 12.6. The van der Waals surface area contributed by atoms with Crippen molar-refractivity contribution >= 4 is 12.0 Å². The monoisotopic (exact) mass is 386 g/mol. The predicted octanol–water partition coefficient (Wildman–Crippen LogP) is 4.11. The molecular weight excluding hydrogens is 361 g/mol. The van der Waals surface area contributed by atoms with E-state index >= 15 is 0 Å². The van der Waals surface area contributed by atoms with E-state index in [0.717, 1.165) is 25.0 Å². The van der Waals surface area contributed by atoms with Gasteiger partial charge in [0.1, 0.15) is 11.6 Å². The average molecular weight is 386 g/mol. The van der Waals surface area contributed by atoms with Crippen molar-refractivity contribution in [2.75, 3.05) is 6.54 Å². The summed E-state index contributed by atoms with van der Waals surface area (Å²) in [6.45, 7) is 5.81. The number of nitrogens with one attached hydrogen (secondary N) is 1. The highest BCUT2D eigenvalue weighted by atomic mass is 19.4. The summed E-state index contributed by atoms with van der Waals surface area (Å²) < 4.78 is 43.1. The molecule has 0 aromatic heterocycles. The van der Waals surface area contributed by atoms with Crippen LogP contribution in [0.25, 0.3) is 0 Å². The minimum Gasteiger partial charge on any atom is -0.444 e. The van der Waals surface area contributed by atoms with Gasteiger partial charge in [-0.3, -0.25) is 9.69 Å². The van der Waals surface area contributed by atoms with Gasteiger partial charge in [-0.15, -0.1) is 0 Å². The maximum atomic E-state index is 12.6. The molecule has 1 heterocycles. The summed E-state index contributed by atoms with van der Waals surface area (Å²) in [6, 6.07) is 3.98. The molecule has 1 aliphatic rings. The van der Waals surface area contributed by atoms with E-state index in [1.807, 2.05) is 0 Å². The van der Waals surface area contributed by atoms with Crippen molar-refractivity contribution in [2.45, 2.75) is 64.4 Å². The van der Waals surface area contributed by atoms with Crippen LogP contribution < -0.4 is 5.32 Å². The maximum Gasteiger partial charge on any atom is 0.416 e. The normalized spacial score (nSPS) is 18.1. The number of nitrogens with zero attached hydrogens (tertiary/aromatic N) is 1. The Morgan fingerprint density at radius 3 is 2.33 bits per heavy atom. The summed E-state index contributed by atoms with van der Waals surface area (Å²) in [5, 5.41) is 2.70. The predicted molar refractivity (Wildman–Crippen MR) is 93.9 cm³/mol. The third-order valence-electron chi connectivity index (χ3n) is 4.18. The van der Waals surface area contributed by atoms with Gasteiger partial charge in [-0.25, -0.2) is 4.79 Å². The van der Waals surface area contributed by atoms with Gasteiger partial charge in [-0.1, -0.05) is 12.1 Å². The largest absolute Gasteiger partial charge is 0.444 e. The molecule has 1 atom stereocenters. The van der Waals surface area contributed by atoms with Crippen LogP contribution in [0, 0.1) is 0 Å². The van der Waals surface area contributed by atoms with Crippen LogP contribution in [-0.2, 0) is 22.3 Å². The SMILES string of the molecule is CC(C)(C)OC(=O)N1CCCC[C@@H]1C(=O)NCc1ccc(C(F)(F)F)cc1.